The molecule has 0 aliphatic carbocycles. The summed E-state index contributed by atoms with van der Waals surface area (Å²) in [5.41, 5.74) is -0.201. The average Bonchev–Trinajstić information content (AvgIpc) is 2.57. The Kier molecular flexibility index (Phi) is 4.30. The van der Waals surface area contributed by atoms with Gasteiger partial charge in [0, 0.05) is 13.6 Å². The second kappa shape index (κ2) is 5.36. The van der Waals surface area contributed by atoms with Crippen molar-refractivity contribution in [3.63, 3.8) is 0 Å². The maximum atomic E-state index is 11.7. The van der Waals surface area contributed by atoms with Gasteiger partial charge in [-0.15, -0.1) is 0 Å². The third-order valence-electron chi connectivity index (χ3n) is 2.08. The van der Waals surface area contributed by atoms with Crippen molar-refractivity contribution in [2.24, 2.45) is 13.0 Å². The van der Waals surface area contributed by atoms with E-state index in [1.54, 1.807) is 0 Å². The van der Waals surface area contributed by atoms with E-state index in [4.69, 9.17) is 5.11 Å². The van der Waals surface area contributed by atoms with Gasteiger partial charge in [0.05, 0.1) is 6.20 Å². The number of rotatable bonds is 6. The zero-order valence-electron chi connectivity index (χ0n) is 10.3. The van der Waals surface area contributed by atoms with E-state index in [-0.39, 0.29) is 23.8 Å². The van der Waals surface area contributed by atoms with Gasteiger partial charge in [0.15, 0.2) is 5.82 Å². The lowest BCUT2D eigenvalue weighted by molar-refractivity contribution is 0.0698. The number of carbonyl (C=O) groups is 1. The van der Waals surface area contributed by atoms with Crippen LogP contribution in [0.1, 0.15) is 24.2 Å². The molecule has 0 aliphatic rings. The monoisotopic (exact) mass is 276 g/mol. The lowest BCUT2D eigenvalue weighted by atomic mass is 10.2. The fraction of sp³-hybridized carbons (Fsp3) is 0.556. The van der Waals surface area contributed by atoms with E-state index in [0.29, 0.717) is 0 Å². The van der Waals surface area contributed by atoms with E-state index >= 15 is 0 Å². The van der Waals surface area contributed by atoms with Crippen molar-refractivity contribution in [2.45, 2.75) is 13.8 Å². The van der Waals surface area contributed by atoms with Crippen LogP contribution in [-0.4, -0.2) is 35.8 Å². The van der Waals surface area contributed by atoms with E-state index in [1.807, 2.05) is 13.8 Å². The highest BCUT2D eigenvalue weighted by molar-refractivity contribution is 7.90. The average molecular weight is 276 g/mol. The van der Waals surface area contributed by atoms with Crippen molar-refractivity contribution in [2.75, 3.05) is 11.3 Å². The minimum absolute atomic E-state index is 0.0845. The molecule has 0 fully saturated rings. The Morgan fingerprint density at radius 3 is 2.67 bits per heavy atom. The van der Waals surface area contributed by atoms with Gasteiger partial charge in [0.1, 0.15) is 5.56 Å². The Morgan fingerprint density at radius 1 is 1.56 bits per heavy atom. The van der Waals surface area contributed by atoms with Gasteiger partial charge < -0.3 is 5.11 Å². The molecule has 0 aromatic carbocycles. The molecule has 1 aromatic rings. The van der Waals surface area contributed by atoms with E-state index in [1.165, 1.54) is 7.05 Å². The molecule has 0 atom stereocenters. The Bertz CT molecular complexity index is 535. The van der Waals surface area contributed by atoms with Gasteiger partial charge in [-0.1, -0.05) is 13.8 Å². The van der Waals surface area contributed by atoms with Crippen molar-refractivity contribution in [3.8, 4) is 0 Å². The van der Waals surface area contributed by atoms with Crippen LogP contribution in [0.5, 0.6) is 0 Å². The number of hydrogen-bond acceptors (Lipinski definition) is 4. The zero-order chi connectivity index (χ0) is 13.9. The third kappa shape index (κ3) is 3.70. The number of carboxylic acids is 1. The molecular weight excluding hydrogens is 260 g/mol. The fourth-order valence-corrected chi connectivity index (χ4v) is 2.28. The molecule has 18 heavy (non-hydrogen) atoms. The lowest BCUT2D eigenvalue weighted by Gasteiger charge is -2.11. The third-order valence-corrected chi connectivity index (χ3v) is 3.09. The molecule has 8 nitrogen and oxygen atoms in total. The SMILES string of the molecule is CC(C)CNS(=O)(=O)Nc1c(C(=O)O)cnn1C. The molecule has 9 heteroatoms. The van der Waals surface area contributed by atoms with E-state index in [0.717, 1.165) is 10.9 Å². The van der Waals surface area contributed by atoms with Crippen molar-refractivity contribution < 1.29 is 18.3 Å². The molecule has 1 rings (SSSR count). The number of anilines is 1. The Hall–Kier alpha value is -1.61. The predicted molar refractivity (Wildman–Crippen MR) is 65.6 cm³/mol. The molecule has 3 N–H and O–H groups in total. The van der Waals surface area contributed by atoms with E-state index < -0.39 is 16.2 Å². The first-order valence-electron chi connectivity index (χ1n) is 5.25. The van der Waals surface area contributed by atoms with Gasteiger partial charge in [-0.2, -0.15) is 18.2 Å². The number of carboxylic acid groups (broad SMARTS) is 1. The predicted octanol–water partition coefficient (Wildman–Crippen LogP) is 0.0206. The molecule has 0 amide bonds. The Labute approximate surface area is 105 Å². The van der Waals surface area contributed by atoms with Gasteiger partial charge in [0.2, 0.25) is 0 Å². The first-order valence-corrected chi connectivity index (χ1v) is 6.74. The van der Waals surface area contributed by atoms with Crippen LogP contribution in [-0.2, 0) is 17.3 Å². The summed E-state index contributed by atoms with van der Waals surface area (Å²) in [5, 5.41) is 12.6. The molecule has 0 saturated heterocycles. The molecule has 0 spiro atoms. The van der Waals surface area contributed by atoms with Gasteiger partial charge in [-0.25, -0.2) is 4.79 Å². The molecule has 102 valence electrons. The minimum atomic E-state index is -3.80. The number of nitrogens with zero attached hydrogens (tertiary/aromatic N) is 2. The van der Waals surface area contributed by atoms with Gasteiger partial charge in [-0.3, -0.25) is 9.40 Å². The van der Waals surface area contributed by atoms with Crippen LogP contribution in [0, 0.1) is 5.92 Å². The first-order chi connectivity index (χ1) is 8.23. The number of aryl methyl sites for hydroxylation is 1. The lowest BCUT2D eigenvalue weighted by Crippen LogP contribution is -2.33. The summed E-state index contributed by atoms with van der Waals surface area (Å²) in [6.07, 6.45) is 1.09. The van der Waals surface area contributed by atoms with E-state index in [9.17, 15) is 13.2 Å². The van der Waals surface area contributed by atoms with Crippen LogP contribution < -0.4 is 9.44 Å². The summed E-state index contributed by atoms with van der Waals surface area (Å²) >= 11 is 0. The topological polar surface area (TPSA) is 113 Å². The number of aromatic carboxylic acids is 1. The van der Waals surface area contributed by atoms with Crippen molar-refractivity contribution in [1.29, 1.82) is 0 Å². The standard InChI is InChI=1S/C9H16N4O4S/c1-6(2)4-11-18(16,17)12-8-7(9(14)15)5-10-13(8)3/h5-6,11-12H,4H2,1-3H3,(H,14,15). The van der Waals surface area contributed by atoms with Crippen LogP contribution in [0.2, 0.25) is 0 Å². The molecule has 1 aromatic heterocycles. The summed E-state index contributed by atoms with van der Waals surface area (Å²) < 4.78 is 29.0. The summed E-state index contributed by atoms with van der Waals surface area (Å²) in [6, 6.07) is 0. The molecule has 0 saturated carbocycles. The second-order valence-corrected chi connectivity index (χ2v) is 5.68. The van der Waals surface area contributed by atoms with Crippen molar-refractivity contribution >= 4 is 22.0 Å². The molecular formula is C9H16N4O4S. The number of nitrogens with one attached hydrogen (secondary N) is 2. The summed E-state index contributed by atoms with van der Waals surface area (Å²) in [5.74, 6) is -1.18. The Balaban J connectivity index is 2.90. The summed E-state index contributed by atoms with van der Waals surface area (Å²) in [4.78, 5) is 10.9. The second-order valence-electron chi connectivity index (χ2n) is 4.18. The molecule has 0 bridgehead atoms. The van der Waals surface area contributed by atoms with Crippen LogP contribution in [0.4, 0.5) is 5.82 Å². The van der Waals surface area contributed by atoms with Gasteiger partial charge >= 0.3 is 5.97 Å². The quantitative estimate of drug-likeness (QED) is 0.678. The highest BCUT2D eigenvalue weighted by Crippen LogP contribution is 2.14. The first kappa shape index (κ1) is 14.5. The highest BCUT2D eigenvalue weighted by atomic mass is 32.2. The van der Waals surface area contributed by atoms with Crippen LogP contribution in [0.3, 0.4) is 0 Å². The van der Waals surface area contributed by atoms with Crippen LogP contribution in [0.25, 0.3) is 0 Å². The number of hydrogen-bond donors (Lipinski definition) is 3. The minimum Gasteiger partial charge on any atom is -0.477 e. The molecule has 0 unspecified atom stereocenters. The van der Waals surface area contributed by atoms with Crippen molar-refractivity contribution in [3.05, 3.63) is 11.8 Å². The molecule has 1 heterocycles. The normalized spacial score (nSPS) is 11.8. The Morgan fingerprint density at radius 2 is 2.17 bits per heavy atom. The van der Waals surface area contributed by atoms with E-state index in [2.05, 4.69) is 14.5 Å². The number of aromatic nitrogens is 2. The maximum Gasteiger partial charge on any atom is 0.341 e. The summed E-state index contributed by atoms with van der Waals surface area (Å²) in [7, 11) is -2.35. The van der Waals surface area contributed by atoms with Crippen LogP contribution in [0.15, 0.2) is 6.20 Å². The molecule has 0 radical (unpaired) electrons. The van der Waals surface area contributed by atoms with Gasteiger partial charge in [-0.05, 0) is 5.92 Å². The fourth-order valence-electron chi connectivity index (χ4n) is 1.15. The summed E-state index contributed by atoms with van der Waals surface area (Å²) in [6.45, 7) is 3.97. The zero-order valence-corrected chi connectivity index (χ0v) is 11.2. The molecule has 0 aliphatic heterocycles. The highest BCUT2D eigenvalue weighted by Gasteiger charge is 2.20. The largest absolute Gasteiger partial charge is 0.477 e. The van der Waals surface area contributed by atoms with Crippen molar-refractivity contribution in [1.82, 2.24) is 14.5 Å². The smallest absolute Gasteiger partial charge is 0.341 e. The van der Waals surface area contributed by atoms with Crippen LogP contribution >= 0.6 is 0 Å². The van der Waals surface area contributed by atoms with Gasteiger partial charge in [0.25, 0.3) is 10.2 Å². The maximum absolute atomic E-state index is 11.7.